The van der Waals surface area contributed by atoms with Gasteiger partial charge in [0.15, 0.2) is 5.78 Å². The van der Waals surface area contributed by atoms with Gasteiger partial charge in [0.25, 0.3) is 5.91 Å². The lowest BCUT2D eigenvalue weighted by Gasteiger charge is -2.21. The highest BCUT2D eigenvalue weighted by Gasteiger charge is 2.21. The molecular weight excluding hydrogens is 588 g/mol. The number of carbonyl (C=O) groups excluding carboxylic acids is 2. The first-order valence-electron chi connectivity index (χ1n) is 15.5. The first kappa shape index (κ1) is 32.4. The van der Waals surface area contributed by atoms with Crippen LogP contribution in [0.2, 0.25) is 0 Å². The summed E-state index contributed by atoms with van der Waals surface area (Å²) in [7, 11) is 0. The van der Waals surface area contributed by atoms with Gasteiger partial charge >= 0.3 is 5.97 Å². The molecule has 5 aromatic rings. The normalized spacial score (nSPS) is 11.5. The highest BCUT2D eigenvalue weighted by Crippen LogP contribution is 2.22. The molecule has 0 aliphatic carbocycles. The van der Waals surface area contributed by atoms with Crippen LogP contribution < -0.4 is 15.0 Å². The molecule has 0 aliphatic rings. The van der Waals surface area contributed by atoms with Crippen molar-refractivity contribution in [2.24, 2.45) is 0 Å². The number of benzene rings is 5. The van der Waals surface area contributed by atoms with Crippen molar-refractivity contribution in [3.63, 3.8) is 0 Å². The van der Waals surface area contributed by atoms with Crippen LogP contribution in [0.1, 0.15) is 33.5 Å². The van der Waals surface area contributed by atoms with Crippen molar-refractivity contribution in [2.45, 2.75) is 18.9 Å². The van der Waals surface area contributed by atoms with Gasteiger partial charge in [-0.2, -0.15) is 0 Å². The first-order chi connectivity index (χ1) is 23.0. The lowest BCUT2D eigenvalue weighted by Crippen LogP contribution is -2.32. The largest absolute Gasteiger partial charge is 0.494 e. The number of hydrogen-bond acceptors (Lipinski definition) is 5. The van der Waals surface area contributed by atoms with Crippen LogP contribution in [0.4, 0.5) is 11.4 Å². The van der Waals surface area contributed by atoms with E-state index in [1.165, 1.54) is 0 Å². The maximum Gasteiger partial charge on any atom is 0.326 e. The number of carboxylic acids is 1. The summed E-state index contributed by atoms with van der Waals surface area (Å²) < 4.78 is 5.96. The molecule has 7 nitrogen and oxygen atoms in total. The molecule has 7 heteroatoms. The Balaban J connectivity index is 1.16. The minimum absolute atomic E-state index is 0.113. The number of ether oxygens (including phenoxy) is 1. The monoisotopic (exact) mass is 624 g/mol. The molecule has 236 valence electrons. The summed E-state index contributed by atoms with van der Waals surface area (Å²) in [6.07, 6.45) is 4.20. The topological polar surface area (TPSA) is 95.9 Å². The number of anilines is 2. The van der Waals surface area contributed by atoms with Crippen molar-refractivity contribution in [3.8, 4) is 5.75 Å². The zero-order chi connectivity index (χ0) is 32.8. The van der Waals surface area contributed by atoms with E-state index in [0.717, 1.165) is 16.8 Å². The fraction of sp³-hybridized carbons (Fsp3) is 0.125. The molecule has 0 bridgehead atoms. The summed E-state index contributed by atoms with van der Waals surface area (Å²) in [5, 5.41) is 13.1. The Morgan fingerprint density at radius 1 is 0.745 bits per heavy atom. The molecule has 1 atom stereocenters. The van der Waals surface area contributed by atoms with Crippen molar-refractivity contribution in [1.29, 1.82) is 0 Å². The fourth-order valence-electron chi connectivity index (χ4n) is 5.11. The van der Waals surface area contributed by atoms with Gasteiger partial charge in [-0.25, -0.2) is 4.79 Å². The third-order valence-electron chi connectivity index (χ3n) is 7.55. The Labute approximate surface area is 274 Å². The molecule has 0 saturated carbocycles. The van der Waals surface area contributed by atoms with E-state index >= 15 is 0 Å². The lowest BCUT2D eigenvalue weighted by atomic mass is 10.00. The predicted molar refractivity (Wildman–Crippen MR) is 186 cm³/mol. The second-order valence-electron chi connectivity index (χ2n) is 10.9. The molecule has 5 aromatic carbocycles. The van der Waals surface area contributed by atoms with Crippen molar-refractivity contribution in [1.82, 2.24) is 0 Å². The number of aliphatic carboxylic acids is 1. The molecular formula is C40H36N2O5. The number of amides is 1. The molecule has 0 unspecified atom stereocenters. The molecule has 47 heavy (non-hydrogen) atoms. The second-order valence-corrected chi connectivity index (χ2v) is 10.9. The van der Waals surface area contributed by atoms with Gasteiger partial charge in [0.1, 0.15) is 11.8 Å². The highest BCUT2D eigenvalue weighted by atomic mass is 16.5. The molecule has 0 heterocycles. The van der Waals surface area contributed by atoms with Crippen LogP contribution >= 0.6 is 0 Å². The Hall–Kier alpha value is -5.95. The lowest BCUT2D eigenvalue weighted by molar-refractivity contribution is -0.137. The number of hydrogen-bond donors (Lipinski definition) is 2. The molecule has 5 rings (SSSR count). The summed E-state index contributed by atoms with van der Waals surface area (Å²) in [6, 6.07) is 41.4. The van der Waals surface area contributed by atoms with Gasteiger partial charge in [-0.05, 0) is 60.0 Å². The average molecular weight is 625 g/mol. The second kappa shape index (κ2) is 16.4. The van der Waals surface area contributed by atoms with E-state index < -0.39 is 12.0 Å². The van der Waals surface area contributed by atoms with Crippen LogP contribution in [0.3, 0.4) is 0 Å². The summed E-state index contributed by atoms with van der Waals surface area (Å²) in [6.45, 7) is 0.865. The molecule has 0 saturated heterocycles. The van der Waals surface area contributed by atoms with Crippen molar-refractivity contribution in [2.75, 3.05) is 23.4 Å². The van der Waals surface area contributed by atoms with Crippen LogP contribution in [-0.4, -0.2) is 42.0 Å². The van der Waals surface area contributed by atoms with Crippen LogP contribution in [0.15, 0.2) is 146 Å². The first-order valence-corrected chi connectivity index (χ1v) is 15.5. The van der Waals surface area contributed by atoms with E-state index in [2.05, 4.69) is 5.32 Å². The van der Waals surface area contributed by atoms with E-state index in [1.54, 1.807) is 59.5 Å². The molecule has 1 amide bonds. The molecule has 0 radical (unpaired) electrons. The fourth-order valence-corrected chi connectivity index (χ4v) is 5.11. The van der Waals surface area contributed by atoms with E-state index in [4.69, 9.17) is 4.74 Å². The van der Waals surface area contributed by atoms with Crippen LogP contribution in [-0.2, 0) is 16.0 Å². The number of nitrogens with one attached hydrogen (secondary N) is 1. The summed E-state index contributed by atoms with van der Waals surface area (Å²) in [5.41, 5.74) is 3.97. The number of carboxylic acid groups (broad SMARTS) is 1. The third-order valence-corrected chi connectivity index (χ3v) is 7.55. The molecule has 0 spiro atoms. The summed E-state index contributed by atoms with van der Waals surface area (Å²) >= 11 is 0. The number of carbonyl (C=O) groups is 3. The van der Waals surface area contributed by atoms with Crippen molar-refractivity contribution < 1.29 is 24.2 Å². The zero-order valence-corrected chi connectivity index (χ0v) is 25.9. The number of ketones is 1. The van der Waals surface area contributed by atoms with Gasteiger partial charge in [-0.3, -0.25) is 9.59 Å². The number of rotatable bonds is 15. The average Bonchev–Trinajstić information content (AvgIpc) is 3.12. The van der Waals surface area contributed by atoms with Crippen LogP contribution in [0.25, 0.3) is 6.08 Å². The van der Waals surface area contributed by atoms with Crippen LogP contribution in [0.5, 0.6) is 5.75 Å². The summed E-state index contributed by atoms with van der Waals surface area (Å²) in [5.74, 6) is -0.672. The Morgan fingerprint density at radius 2 is 1.36 bits per heavy atom. The molecule has 0 fully saturated rings. The SMILES string of the molecule is O=C(c1ccccc1)c1ccccc1N[C@@H](Cc1ccc(OCCCN(C(=O)C=Cc2ccccc2)c2ccccc2)cc1)C(=O)O. The Kier molecular flexibility index (Phi) is 11.3. The maximum atomic E-state index is 13.1. The quantitative estimate of drug-likeness (QED) is 0.0710. The third kappa shape index (κ3) is 9.28. The minimum Gasteiger partial charge on any atom is -0.494 e. The van der Waals surface area contributed by atoms with Crippen molar-refractivity contribution >= 4 is 35.1 Å². The van der Waals surface area contributed by atoms with Gasteiger partial charge in [0.05, 0.1) is 6.61 Å². The number of para-hydroxylation sites is 2. The van der Waals surface area contributed by atoms with E-state index in [9.17, 15) is 19.5 Å². The van der Waals surface area contributed by atoms with Crippen LogP contribution in [0, 0.1) is 0 Å². The predicted octanol–water partition coefficient (Wildman–Crippen LogP) is 7.54. The smallest absolute Gasteiger partial charge is 0.326 e. The molecule has 0 aromatic heterocycles. The van der Waals surface area contributed by atoms with E-state index in [1.807, 2.05) is 97.1 Å². The van der Waals surface area contributed by atoms with Gasteiger partial charge in [-0.1, -0.05) is 103 Å². The number of nitrogens with zero attached hydrogens (tertiary/aromatic N) is 1. The molecule has 0 aliphatic heterocycles. The standard InChI is InChI=1S/C40H36N2O5/c43-38(26-23-30-13-4-1-5-14-30)42(33-17-8-3-9-18-33)27-12-28-47-34-24-21-31(22-25-34)29-37(40(45)46)41-36-20-11-10-19-35(36)39(44)32-15-6-2-7-16-32/h1-11,13-26,37,41H,12,27-29H2,(H,45,46)/t37-/m0/s1. The van der Waals surface area contributed by atoms with Gasteiger partial charge in [-0.15, -0.1) is 0 Å². The van der Waals surface area contributed by atoms with Gasteiger partial charge in [0.2, 0.25) is 0 Å². The van der Waals surface area contributed by atoms with E-state index in [-0.39, 0.29) is 18.1 Å². The van der Waals surface area contributed by atoms with Gasteiger partial charge < -0.3 is 20.1 Å². The minimum atomic E-state index is -1.02. The summed E-state index contributed by atoms with van der Waals surface area (Å²) in [4.78, 5) is 40.2. The molecule has 2 N–H and O–H groups in total. The Morgan fingerprint density at radius 3 is 2.04 bits per heavy atom. The zero-order valence-electron chi connectivity index (χ0n) is 25.9. The van der Waals surface area contributed by atoms with E-state index in [0.29, 0.717) is 42.1 Å². The van der Waals surface area contributed by atoms with Gasteiger partial charge in [0, 0.05) is 41.5 Å². The maximum absolute atomic E-state index is 13.1. The Bertz CT molecular complexity index is 1790. The van der Waals surface area contributed by atoms with Crippen molar-refractivity contribution in [3.05, 3.63) is 168 Å². The highest BCUT2D eigenvalue weighted by molar-refractivity contribution is 6.12.